The van der Waals surface area contributed by atoms with Crippen LogP contribution in [0.25, 0.3) is 11.0 Å². The van der Waals surface area contributed by atoms with Gasteiger partial charge in [0.1, 0.15) is 17.1 Å². The molecule has 12 heteroatoms. The molecule has 0 radical (unpaired) electrons. The summed E-state index contributed by atoms with van der Waals surface area (Å²) >= 11 is 0. The lowest BCUT2D eigenvalue weighted by atomic mass is 9.91. The average molecular weight is 575 g/mol. The quantitative estimate of drug-likeness (QED) is 0.142. The van der Waals surface area contributed by atoms with Gasteiger partial charge in [0.15, 0.2) is 11.9 Å². The minimum Gasteiger partial charge on any atom is -0.497 e. The largest absolute Gasteiger partial charge is 0.497 e. The van der Waals surface area contributed by atoms with Gasteiger partial charge in [-0.1, -0.05) is 17.6 Å². The van der Waals surface area contributed by atoms with Gasteiger partial charge in [-0.05, 0) is 54.8 Å². The molecule has 1 unspecified atom stereocenters. The number of benzene rings is 2. The Hall–Kier alpha value is -4.58. The molecule has 1 atom stereocenters. The van der Waals surface area contributed by atoms with Crippen LogP contribution in [0.4, 0.5) is 4.79 Å². The molecular weight excluding hydrogens is 540 g/mol. The van der Waals surface area contributed by atoms with Crippen LogP contribution in [0.3, 0.4) is 0 Å². The third kappa shape index (κ3) is 5.25. The van der Waals surface area contributed by atoms with Gasteiger partial charge in [-0.3, -0.25) is 19.8 Å². The number of fused-ring (bicyclic) bond motifs is 2. The van der Waals surface area contributed by atoms with Crippen molar-refractivity contribution >= 4 is 34.7 Å². The Morgan fingerprint density at radius 2 is 1.83 bits per heavy atom. The average Bonchev–Trinajstić information content (AvgIpc) is 3.63. The van der Waals surface area contributed by atoms with Crippen molar-refractivity contribution in [3.8, 4) is 5.75 Å². The van der Waals surface area contributed by atoms with E-state index in [1.807, 2.05) is 24.3 Å². The molecule has 3 N–H and O–H groups in total. The number of ether oxygens (including phenoxy) is 1. The highest BCUT2D eigenvalue weighted by atomic mass is 16.5. The zero-order chi connectivity index (χ0) is 29.4. The standard InChI is InChI=1S/C20H23N5O4.C10H11NO2/c26-19-17(21-20(27)22-19)16-11-13-10-12(4-5-15(13)29-16)18(23-28)25-8-6-24(7-9-25)14-2-1-3-14;1-11-6-7-3-4-8(13-2)5-9(7)10(11)12/h4-5,10-11,14,17,28H,1-3,6-9H2,(H2,21,22,26,27);3-5H,6H2,1-2H3/b23-18-;. The number of nitrogens with one attached hydrogen (secondary N) is 2. The maximum Gasteiger partial charge on any atom is 0.322 e. The van der Waals surface area contributed by atoms with Crippen molar-refractivity contribution in [1.29, 1.82) is 0 Å². The van der Waals surface area contributed by atoms with Crippen LogP contribution in [0.15, 0.2) is 52.0 Å². The molecule has 1 aromatic heterocycles. The van der Waals surface area contributed by atoms with E-state index in [4.69, 9.17) is 9.15 Å². The maximum absolute atomic E-state index is 11.9. The minimum absolute atomic E-state index is 0.0777. The van der Waals surface area contributed by atoms with Gasteiger partial charge in [-0.2, -0.15) is 0 Å². The van der Waals surface area contributed by atoms with Crippen molar-refractivity contribution in [1.82, 2.24) is 25.3 Å². The minimum atomic E-state index is -0.830. The molecule has 12 nitrogen and oxygen atoms in total. The summed E-state index contributed by atoms with van der Waals surface area (Å²) in [6, 6.07) is 12.2. The van der Waals surface area contributed by atoms with Crippen LogP contribution in [0.2, 0.25) is 0 Å². The van der Waals surface area contributed by atoms with Gasteiger partial charge >= 0.3 is 6.03 Å². The van der Waals surface area contributed by atoms with Gasteiger partial charge in [0.2, 0.25) is 0 Å². The normalized spacial score (nSPS) is 21.0. The lowest BCUT2D eigenvalue weighted by Gasteiger charge is -2.43. The molecule has 3 aromatic rings. The summed E-state index contributed by atoms with van der Waals surface area (Å²) in [5.41, 5.74) is 3.23. The van der Waals surface area contributed by atoms with E-state index in [1.54, 1.807) is 37.3 Å². The molecule has 2 aromatic carbocycles. The second-order valence-corrected chi connectivity index (χ2v) is 11.0. The fourth-order valence-corrected chi connectivity index (χ4v) is 5.87. The maximum atomic E-state index is 11.9. The number of amides is 4. The van der Waals surface area contributed by atoms with Gasteiger partial charge in [-0.25, -0.2) is 4.79 Å². The molecule has 1 aliphatic carbocycles. The number of hydrogen-bond acceptors (Lipinski definition) is 8. The van der Waals surface area contributed by atoms with Crippen molar-refractivity contribution in [2.45, 2.75) is 37.9 Å². The lowest BCUT2D eigenvalue weighted by molar-refractivity contribution is -0.120. The predicted octanol–water partition coefficient (Wildman–Crippen LogP) is 2.90. The van der Waals surface area contributed by atoms with E-state index in [-0.39, 0.29) is 5.91 Å². The third-order valence-electron chi connectivity index (χ3n) is 8.45. The number of carbonyl (C=O) groups is 3. The van der Waals surface area contributed by atoms with E-state index in [0.29, 0.717) is 23.7 Å². The molecule has 220 valence electrons. The molecule has 4 amide bonds. The summed E-state index contributed by atoms with van der Waals surface area (Å²) in [5, 5.41) is 18.8. The summed E-state index contributed by atoms with van der Waals surface area (Å²) < 4.78 is 10.8. The van der Waals surface area contributed by atoms with Gasteiger partial charge in [0.25, 0.3) is 11.8 Å². The zero-order valence-corrected chi connectivity index (χ0v) is 23.6. The molecule has 7 rings (SSSR count). The Kier molecular flexibility index (Phi) is 7.46. The van der Waals surface area contributed by atoms with Gasteiger partial charge < -0.3 is 29.5 Å². The van der Waals surface area contributed by atoms with Crippen molar-refractivity contribution in [3.63, 3.8) is 0 Å². The van der Waals surface area contributed by atoms with Crippen LogP contribution in [0.5, 0.6) is 5.75 Å². The van der Waals surface area contributed by atoms with Crippen LogP contribution in [-0.2, 0) is 11.3 Å². The van der Waals surface area contributed by atoms with Gasteiger partial charge in [0.05, 0.1) is 7.11 Å². The van der Waals surface area contributed by atoms with Gasteiger partial charge in [-0.15, -0.1) is 0 Å². The summed E-state index contributed by atoms with van der Waals surface area (Å²) in [5.74, 6) is 1.29. The van der Waals surface area contributed by atoms with Crippen LogP contribution in [0, 0.1) is 0 Å². The van der Waals surface area contributed by atoms with E-state index in [9.17, 15) is 19.6 Å². The number of urea groups is 1. The SMILES string of the molecule is COc1ccc2c(c1)C(=O)N(C)C2.O=C1NC(=O)C(c2cc3cc(/C(=N/O)N4CCN(C5CCC5)CC4)ccc3o2)N1. The Morgan fingerprint density at radius 1 is 1.05 bits per heavy atom. The lowest BCUT2D eigenvalue weighted by Crippen LogP contribution is -2.53. The highest BCUT2D eigenvalue weighted by molar-refractivity contribution is 6.05. The molecule has 3 fully saturated rings. The molecule has 0 bridgehead atoms. The molecule has 4 heterocycles. The van der Waals surface area contributed by atoms with E-state index in [2.05, 4.69) is 25.6 Å². The first-order valence-electron chi connectivity index (χ1n) is 14.1. The number of rotatable bonds is 4. The number of methoxy groups -OCH3 is 1. The third-order valence-corrected chi connectivity index (χ3v) is 8.45. The Bertz CT molecular complexity index is 1550. The zero-order valence-electron chi connectivity index (χ0n) is 23.6. The number of furan rings is 1. The number of nitrogens with zero attached hydrogens (tertiary/aromatic N) is 4. The van der Waals surface area contributed by atoms with Crippen LogP contribution < -0.4 is 15.4 Å². The highest BCUT2D eigenvalue weighted by Gasteiger charge is 2.34. The smallest absolute Gasteiger partial charge is 0.322 e. The highest BCUT2D eigenvalue weighted by Crippen LogP contribution is 2.29. The number of amidine groups is 1. The number of oxime groups is 1. The summed E-state index contributed by atoms with van der Waals surface area (Å²) in [6.07, 6.45) is 3.91. The number of imide groups is 1. The Balaban J connectivity index is 0.000000203. The molecular formula is C30H34N6O6. The number of hydrogen-bond donors (Lipinski definition) is 3. The monoisotopic (exact) mass is 574 g/mol. The van der Waals surface area contributed by atoms with E-state index in [0.717, 1.165) is 60.0 Å². The van der Waals surface area contributed by atoms with Crippen molar-refractivity contribution in [2.24, 2.45) is 5.16 Å². The van der Waals surface area contributed by atoms with Crippen molar-refractivity contribution in [3.05, 3.63) is 64.9 Å². The number of carbonyl (C=O) groups excluding carboxylic acids is 3. The summed E-state index contributed by atoms with van der Waals surface area (Å²) in [6.45, 7) is 4.28. The summed E-state index contributed by atoms with van der Waals surface area (Å²) in [4.78, 5) is 41.1. The second-order valence-electron chi connectivity index (χ2n) is 11.0. The molecule has 3 aliphatic heterocycles. The van der Waals surface area contributed by atoms with Crippen molar-refractivity contribution < 1.29 is 28.7 Å². The van der Waals surface area contributed by atoms with Gasteiger partial charge in [0, 0.05) is 62.3 Å². The molecule has 1 saturated carbocycles. The fourth-order valence-electron chi connectivity index (χ4n) is 5.87. The van der Waals surface area contributed by atoms with E-state index >= 15 is 0 Å². The molecule has 42 heavy (non-hydrogen) atoms. The summed E-state index contributed by atoms with van der Waals surface area (Å²) in [7, 11) is 3.40. The second kappa shape index (κ2) is 11.4. The Morgan fingerprint density at radius 3 is 2.48 bits per heavy atom. The first-order valence-corrected chi connectivity index (χ1v) is 14.1. The van der Waals surface area contributed by atoms with Crippen LogP contribution in [-0.4, -0.2) is 90.0 Å². The Labute approximate surface area is 242 Å². The van der Waals surface area contributed by atoms with Crippen LogP contribution >= 0.6 is 0 Å². The van der Waals surface area contributed by atoms with Crippen LogP contribution in [0.1, 0.15) is 52.5 Å². The van der Waals surface area contributed by atoms with Crippen molar-refractivity contribution in [2.75, 3.05) is 40.3 Å². The van der Waals surface area contributed by atoms with E-state index in [1.165, 1.54) is 19.3 Å². The first-order chi connectivity index (χ1) is 20.3. The fraction of sp³-hybridized carbons (Fsp3) is 0.400. The topological polar surface area (TPSA) is 140 Å². The molecule has 4 aliphatic rings. The molecule has 2 saturated heterocycles. The number of piperazine rings is 1. The molecule has 0 spiro atoms. The first kappa shape index (κ1) is 27.6. The predicted molar refractivity (Wildman–Crippen MR) is 154 cm³/mol. The van der Waals surface area contributed by atoms with E-state index < -0.39 is 18.0 Å².